The lowest BCUT2D eigenvalue weighted by molar-refractivity contribution is 0.625. The fraction of sp³-hybridized carbons (Fsp3) is 0.111. The molecule has 13 heavy (non-hydrogen) atoms. The predicted molar refractivity (Wildman–Crippen MR) is 50.0 cm³/mol. The van der Waals surface area contributed by atoms with Gasteiger partial charge in [0.15, 0.2) is 5.82 Å². The Hall–Kier alpha value is -1.29. The van der Waals surface area contributed by atoms with Crippen LogP contribution in [0.2, 0.25) is 0 Å². The van der Waals surface area contributed by atoms with E-state index in [4.69, 9.17) is 0 Å². The van der Waals surface area contributed by atoms with Crippen LogP contribution in [0.5, 0.6) is 0 Å². The van der Waals surface area contributed by atoms with Gasteiger partial charge >= 0.3 is 0 Å². The van der Waals surface area contributed by atoms with Crippen molar-refractivity contribution in [3.63, 3.8) is 0 Å². The lowest BCUT2D eigenvalue weighted by Crippen LogP contribution is -1.86. The Balaban J connectivity index is 2.52. The summed E-state index contributed by atoms with van der Waals surface area (Å²) in [4.78, 5) is 9.05. The SMILES string of the molecule is Cc1cnc(-c2ncccc2F)s1. The number of rotatable bonds is 1. The minimum atomic E-state index is -0.322. The van der Waals surface area contributed by atoms with Crippen LogP contribution in [0.25, 0.3) is 10.7 Å². The largest absolute Gasteiger partial charge is 0.251 e. The van der Waals surface area contributed by atoms with Gasteiger partial charge in [0, 0.05) is 17.3 Å². The summed E-state index contributed by atoms with van der Waals surface area (Å²) in [6.07, 6.45) is 3.28. The van der Waals surface area contributed by atoms with Crippen LogP contribution in [-0.2, 0) is 0 Å². The molecule has 0 unspecified atom stereocenters. The Bertz CT molecular complexity index is 425. The molecular formula is C9H7FN2S. The first-order valence-corrected chi connectivity index (χ1v) is 4.62. The fourth-order valence-corrected chi connectivity index (χ4v) is 1.77. The zero-order valence-corrected chi connectivity index (χ0v) is 7.81. The third kappa shape index (κ3) is 1.58. The maximum Gasteiger partial charge on any atom is 0.151 e. The van der Waals surface area contributed by atoms with Crippen molar-refractivity contribution in [1.82, 2.24) is 9.97 Å². The van der Waals surface area contributed by atoms with Gasteiger partial charge in [-0.25, -0.2) is 9.37 Å². The van der Waals surface area contributed by atoms with Crippen LogP contribution >= 0.6 is 11.3 Å². The van der Waals surface area contributed by atoms with Crippen LogP contribution in [0, 0.1) is 12.7 Å². The average molecular weight is 194 g/mol. The maximum atomic E-state index is 13.2. The van der Waals surface area contributed by atoms with Gasteiger partial charge in [-0.1, -0.05) is 0 Å². The molecule has 66 valence electrons. The van der Waals surface area contributed by atoms with Crippen LogP contribution in [0.15, 0.2) is 24.5 Å². The van der Waals surface area contributed by atoms with E-state index in [1.807, 2.05) is 6.92 Å². The van der Waals surface area contributed by atoms with Crippen molar-refractivity contribution in [2.75, 3.05) is 0 Å². The number of nitrogens with zero attached hydrogens (tertiary/aromatic N) is 2. The first kappa shape index (κ1) is 8.31. The number of hydrogen-bond donors (Lipinski definition) is 0. The van der Waals surface area contributed by atoms with Gasteiger partial charge in [0.1, 0.15) is 10.7 Å². The summed E-state index contributed by atoms with van der Waals surface area (Å²) in [5, 5.41) is 0.635. The lowest BCUT2D eigenvalue weighted by atomic mass is 10.3. The summed E-state index contributed by atoms with van der Waals surface area (Å²) in [5.41, 5.74) is 0.334. The van der Waals surface area contributed by atoms with E-state index in [1.54, 1.807) is 18.5 Å². The number of aryl methyl sites for hydroxylation is 1. The molecule has 0 fully saturated rings. The van der Waals surface area contributed by atoms with Crippen LogP contribution in [0.4, 0.5) is 4.39 Å². The Morgan fingerprint density at radius 2 is 2.23 bits per heavy atom. The van der Waals surface area contributed by atoms with Gasteiger partial charge in [-0.3, -0.25) is 4.98 Å². The molecule has 0 saturated carbocycles. The minimum absolute atomic E-state index is 0.322. The Labute approximate surface area is 79.1 Å². The Kier molecular flexibility index (Phi) is 2.06. The van der Waals surface area contributed by atoms with E-state index in [-0.39, 0.29) is 5.82 Å². The smallest absolute Gasteiger partial charge is 0.151 e. The third-order valence-electron chi connectivity index (χ3n) is 1.58. The van der Waals surface area contributed by atoms with Crippen molar-refractivity contribution in [1.29, 1.82) is 0 Å². The van der Waals surface area contributed by atoms with Gasteiger partial charge < -0.3 is 0 Å². The van der Waals surface area contributed by atoms with E-state index in [2.05, 4.69) is 9.97 Å². The molecule has 0 spiro atoms. The van der Waals surface area contributed by atoms with Gasteiger partial charge in [0.25, 0.3) is 0 Å². The quantitative estimate of drug-likeness (QED) is 0.697. The molecule has 0 saturated heterocycles. The van der Waals surface area contributed by atoms with Crippen molar-refractivity contribution in [2.24, 2.45) is 0 Å². The summed E-state index contributed by atoms with van der Waals surface area (Å²) >= 11 is 1.44. The van der Waals surface area contributed by atoms with E-state index in [0.717, 1.165) is 4.88 Å². The minimum Gasteiger partial charge on any atom is -0.251 e. The van der Waals surface area contributed by atoms with E-state index >= 15 is 0 Å². The number of halogens is 1. The van der Waals surface area contributed by atoms with Crippen molar-refractivity contribution in [3.05, 3.63) is 35.2 Å². The van der Waals surface area contributed by atoms with Crippen LogP contribution in [0.1, 0.15) is 4.88 Å². The molecule has 0 atom stereocenters. The highest BCUT2D eigenvalue weighted by Crippen LogP contribution is 2.24. The molecular weight excluding hydrogens is 187 g/mol. The normalized spacial score (nSPS) is 10.3. The van der Waals surface area contributed by atoms with E-state index in [9.17, 15) is 4.39 Å². The van der Waals surface area contributed by atoms with Gasteiger partial charge in [-0.2, -0.15) is 0 Å². The van der Waals surface area contributed by atoms with Crippen molar-refractivity contribution >= 4 is 11.3 Å². The second-order valence-corrected chi connectivity index (χ2v) is 3.84. The summed E-state index contributed by atoms with van der Waals surface area (Å²) in [5.74, 6) is -0.322. The monoisotopic (exact) mass is 194 g/mol. The van der Waals surface area contributed by atoms with Gasteiger partial charge in [0.2, 0.25) is 0 Å². The van der Waals surface area contributed by atoms with Crippen LogP contribution < -0.4 is 0 Å². The molecule has 0 N–H and O–H groups in total. The molecule has 2 aromatic rings. The summed E-state index contributed by atoms with van der Waals surface area (Å²) < 4.78 is 13.2. The molecule has 2 rings (SSSR count). The highest BCUT2D eigenvalue weighted by atomic mass is 32.1. The zero-order valence-electron chi connectivity index (χ0n) is 6.99. The number of pyridine rings is 1. The second-order valence-electron chi connectivity index (χ2n) is 2.61. The highest BCUT2D eigenvalue weighted by molar-refractivity contribution is 7.14. The number of thiazole rings is 1. The Morgan fingerprint density at radius 3 is 2.85 bits per heavy atom. The van der Waals surface area contributed by atoms with E-state index in [0.29, 0.717) is 10.7 Å². The highest BCUT2D eigenvalue weighted by Gasteiger charge is 2.08. The number of hydrogen-bond acceptors (Lipinski definition) is 3. The topological polar surface area (TPSA) is 25.8 Å². The Morgan fingerprint density at radius 1 is 1.38 bits per heavy atom. The maximum absolute atomic E-state index is 13.2. The summed E-state index contributed by atoms with van der Waals surface area (Å²) in [7, 11) is 0. The third-order valence-corrected chi connectivity index (χ3v) is 2.50. The first-order chi connectivity index (χ1) is 6.27. The molecule has 0 bridgehead atoms. The van der Waals surface area contributed by atoms with E-state index in [1.165, 1.54) is 17.4 Å². The summed E-state index contributed by atoms with van der Waals surface area (Å²) in [6, 6.07) is 2.96. The zero-order chi connectivity index (χ0) is 9.26. The molecule has 4 heteroatoms. The van der Waals surface area contributed by atoms with Crippen molar-refractivity contribution in [2.45, 2.75) is 6.92 Å². The molecule has 0 amide bonds. The standard InChI is InChI=1S/C9H7FN2S/c1-6-5-12-9(13-6)8-7(10)3-2-4-11-8/h2-5H,1H3. The van der Waals surface area contributed by atoms with Gasteiger partial charge in [-0.05, 0) is 19.1 Å². The van der Waals surface area contributed by atoms with Crippen molar-refractivity contribution < 1.29 is 4.39 Å². The molecule has 0 aliphatic rings. The molecule has 2 heterocycles. The first-order valence-electron chi connectivity index (χ1n) is 3.80. The molecule has 2 nitrogen and oxygen atoms in total. The fourth-order valence-electron chi connectivity index (χ4n) is 1.01. The lowest BCUT2D eigenvalue weighted by Gasteiger charge is -1.95. The van der Waals surface area contributed by atoms with Gasteiger partial charge in [-0.15, -0.1) is 11.3 Å². The van der Waals surface area contributed by atoms with E-state index < -0.39 is 0 Å². The molecule has 2 aromatic heterocycles. The predicted octanol–water partition coefficient (Wildman–Crippen LogP) is 2.65. The number of aromatic nitrogens is 2. The van der Waals surface area contributed by atoms with Crippen molar-refractivity contribution in [3.8, 4) is 10.7 Å². The second kappa shape index (κ2) is 3.22. The average Bonchev–Trinajstić information content (AvgIpc) is 2.53. The molecule has 0 aliphatic carbocycles. The van der Waals surface area contributed by atoms with Crippen LogP contribution in [-0.4, -0.2) is 9.97 Å². The molecule has 0 aromatic carbocycles. The van der Waals surface area contributed by atoms with Gasteiger partial charge in [0.05, 0.1) is 0 Å². The molecule has 0 radical (unpaired) electrons. The summed E-state index contributed by atoms with van der Waals surface area (Å²) in [6.45, 7) is 1.93. The molecule has 0 aliphatic heterocycles. The van der Waals surface area contributed by atoms with Crippen LogP contribution in [0.3, 0.4) is 0 Å².